The highest BCUT2D eigenvalue weighted by Crippen LogP contribution is 2.43. The number of halogens is 1. The predicted molar refractivity (Wildman–Crippen MR) is 136 cm³/mol. The van der Waals surface area contributed by atoms with Gasteiger partial charge >= 0.3 is 0 Å². The van der Waals surface area contributed by atoms with Crippen molar-refractivity contribution in [3.8, 4) is 22.4 Å². The smallest absolute Gasteiger partial charge is 0.216 e. The van der Waals surface area contributed by atoms with E-state index in [2.05, 4.69) is 26.0 Å². The first-order valence-electron chi connectivity index (χ1n) is 13.6. The Balaban J connectivity index is 1.60. The first kappa shape index (κ1) is 17.0. The van der Waals surface area contributed by atoms with E-state index in [1.807, 2.05) is 25.1 Å². The number of furan rings is 1. The lowest BCUT2D eigenvalue weighted by atomic mass is 9.90. The van der Waals surface area contributed by atoms with E-state index in [0.717, 1.165) is 40.3 Å². The van der Waals surface area contributed by atoms with Crippen LogP contribution in [0.1, 0.15) is 41.6 Å². The van der Waals surface area contributed by atoms with Gasteiger partial charge in [-0.15, -0.1) is 0 Å². The number of rotatable bonds is 2. The van der Waals surface area contributed by atoms with E-state index in [-0.39, 0.29) is 23.0 Å². The zero-order valence-electron chi connectivity index (χ0n) is 23.8. The summed E-state index contributed by atoms with van der Waals surface area (Å²) in [6, 6.07) is 16.6. The Kier molecular flexibility index (Phi) is 3.64. The zero-order chi connectivity index (χ0) is 27.1. The third-order valence-electron chi connectivity index (χ3n) is 7.11. The van der Waals surface area contributed by atoms with E-state index < -0.39 is 6.85 Å². The molecule has 0 fully saturated rings. The summed E-state index contributed by atoms with van der Waals surface area (Å²) in [5.74, 6) is -0.340. The molecule has 170 valence electrons. The molecule has 1 aliphatic carbocycles. The minimum atomic E-state index is -2.38. The second-order valence-electron chi connectivity index (χ2n) is 10.3. The van der Waals surface area contributed by atoms with Crippen molar-refractivity contribution in [2.75, 3.05) is 0 Å². The Hall–Kier alpha value is -3.46. The molecule has 3 heteroatoms. The van der Waals surface area contributed by atoms with Crippen LogP contribution < -0.4 is 4.57 Å². The van der Waals surface area contributed by atoms with Crippen molar-refractivity contribution in [3.63, 3.8) is 0 Å². The molecule has 0 saturated heterocycles. The van der Waals surface area contributed by atoms with Crippen LogP contribution in [0.5, 0.6) is 0 Å². The predicted octanol–water partition coefficient (Wildman–Crippen LogP) is 7.63. The highest BCUT2D eigenvalue weighted by Gasteiger charge is 2.29. The Morgan fingerprint density at radius 2 is 1.68 bits per heavy atom. The fourth-order valence-electron chi connectivity index (χ4n) is 5.58. The first-order valence-corrected chi connectivity index (χ1v) is 11.6. The number of aromatic nitrogens is 1. The fourth-order valence-corrected chi connectivity index (χ4v) is 5.58. The van der Waals surface area contributed by atoms with Gasteiger partial charge in [-0.25, -0.2) is 8.96 Å². The molecule has 34 heavy (non-hydrogen) atoms. The van der Waals surface area contributed by atoms with Gasteiger partial charge in [0.15, 0.2) is 6.17 Å². The Bertz CT molecular complexity index is 1780. The molecule has 2 aromatic heterocycles. The molecular formula is C31H29FNO+. The molecule has 1 aliphatic rings. The molecule has 2 heterocycles. The molecule has 6 rings (SSSR count). The average molecular weight is 455 g/mol. The molecule has 0 N–H and O–H groups in total. The third kappa shape index (κ3) is 3.18. The molecule has 2 nitrogen and oxygen atoms in total. The summed E-state index contributed by atoms with van der Waals surface area (Å²) in [5.41, 5.74) is 7.38. The fraction of sp³-hybridized carbons (Fsp3) is 0.258. The minimum Gasteiger partial charge on any atom is -0.454 e. The van der Waals surface area contributed by atoms with E-state index in [4.69, 9.17) is 9.90 Å². The van der Waals surface area contributed by atoms with Crippen LogP contribution in [0.3, 0.4) is 0 Å². The maximum Gasteiger partial charge on any atom is 0.216 e. The van der Waals surface area contributed by atoms with Gasteiger partial charge in [0.2, 0.25) is 5.69 Å². The van der Waals surface area contributed by atoms with E-state index in [9.17, 15) is 0 Å². The first-order chi connectivity index (χ1) is 17.9. The highest BCUT2D eigenvalue weighted by molar-refractivity contribution is 6.13. The second-order valence-corrected chi connectivity index (χ2v) is 10.3. The molecule has 0 atom stereocenters. The van der Waals surface area contributed by atoms with Crippen molar-refractivity contribution in [3.05, 3.63) is 88.8 Å². The zero-order valence-corrected chi connectivity index (χ0v) is 19.8. The lowest BCUT2D eigenvalue weighted by molar-refractivity contribution is -0.660. The maximum absolute atomic E-state index is 15.5. The van der Waals surface area contributed by atoms with Crippen LogP contribution in [0.2, 0.25) is 0 Å². The summed E-state index contributed by atoms with van der Waals surface area (Å²) in [5, 5.41) is 1.65. The molecule has 3 aromatic carbocycles. The van der Waals surface area contributed by atoms with Crippen molar-refractivity contribution in [2.45, 2.75) is 40.5 Å². The number of benzene rings is 3. The van der Waals surface area contributed by atoms with Crippen LogP contribution in [0, 0.1) is 25.0 Å². The lowest BCUT2D eigenvalue weighted by Crippen LogP contribution is -2.31. The topological polar surface area (TPSA) is 17.0 Å². The summed E-state index contributed by atoms with van der Waals surface area (Å²) in [7, 11) is 1.69. The summed E-state index contributed by atoms with van der Waals surface area (Å²) in [6.45, 7) is 4.08. The summed E-state index contributed by atoms with van der Waals surface area (Å²) in [4.78, 5) is 0. The number of nitrogens with zero attached hydrogens (tertiary/aromatic N) is 1. The van der Waals surface area contributed by atoms with Gasteiger partial charge < -0.3 is 4.42 Å². The van der Waals surface area contributed by atoms with Gasteiger partial charge in [0.25, 0.3) is 0 Å². The Morgan fingerprint density at radius 3 is 2.47 bits per heavy atom. The van der Waals surface area contributed by atoms with Crippen LogP contribution in [-0.4, -0.2) is 0 Å². The van der Waals surface area contributed by atoms with Crippen LogP contribution >= 0.6 is 0 Å². The lowest BCUT2D eigenvalue weighted by Gasteiger charge is -2.14. The Labute approximate surface area is 205 Å². The van der Waals surface area contributed by atoms with Crippen molar-refractivity contribution in [1.29, 1.82) is 0 Å². The van der Waals surface area contributed by atoms with Crippen molar-refractivity contribution < 1.29 is 18.9 Å². The van der Waals surface area contributed by atoms with Crippen molar-refractivity contribution in [1.82, 2.24) is 0 Å². The summed E-state index contributed by atoms with van der Waals surface area (Å²) >= 11 is 0. The van der Waals surface area contributed by atoms with Crippen LogP contribution in [-0.2, 0) is 19.9 Å². The van der Waals surface area contributed by atoms with Gasteiger partial charge in [-0.05, 0) is 72.5 Å². The SMILES string of the molecule is [2H]c1c(C([2H])([2H])[2H])ccc(-c2c(C)ccc3c2oc2c(-c4ccc5c(c4)CC(C)(C)C5)c(F)ccc23)[n+]1C. The Morgan fingerprint density at radius 1 is 0.941 bits per heavy atom. The monoisotopic (exact) mass is 454 g/mol. The van der Waals surface area contributed by atoms with E-state index in [1.165, 1.54) is 23.3 Å². The average Bonchev–Trinajstić information content (AvgIpc) is 3.35. The number of pyridine rings is 1. The molecule has 0 aliphatic heterocycles. The normalized spacial score (nSPS) is 16.9. The van der Waals surface area contributed by atoms with Gasteiger partial charge in [-0.3, -0.25) is 0 Å². The van der Waals surface area contributed by atoms with Crippen molar-refractivity contribution >= 4 is 21.9 Å². The van der Waals surface area contributed by atoms with Crippen LogP contribution in [0.15, 0.2) is 65.2 Å². The second kappa shape index (κ2) is 7.27. The van der Waals surface area contributed by atoms with Gasteiger partial charge in [0.05, 0.1) is 11.1 Å². The van der Waals surface area contributed by atoms with Gasteiger partial charge in [0.1, 0.15) is 25.4 Å². The molecular weight excluding hydrogens is 421 g/mol. The van der Waals surface area contributed by atoms with Gasteiger partial charge in [-0.1, -0.05) is 44.2 Å². The quantitative estimate of drug-likeness (QED) is 0.251. The van der Waals surface area contributed by atoms with Crippen LogP contribution in [0.25, 0.3) is 44.3 Å². The minimum absolute atomic E-state index is 0.0117. The highest BCUT2D eigenvalue weighted by atomic mass is 19.1. The molecule has 5 aromatic rings. The number of fused-ring (bicyclic) bond motifs is 4. The number of hydrogen-bond donors (Lipinski definition) is 0. The molecule has 0 spiro atoms. The van der Waals surface area contributed by atoms with Crippen LogP contribution in [0.4, 0.5) is 4.39 Å². The largest absolute Gasteiger partial charge is 0.454 e. The van der Waals surface area contributed by atoms with E-state index in [1.54, 1.807) is 23.7 Å². The third-order valence-corrected chi connectivity index (χ3v) is 7.11. The number of aryl methyl sites for hydroxylation is 2. The van der Waals surface area contributed by atoms with Gasteiger partial charge in [0, 0.05) is 26.5 Å². The molecule has 0 radical (unpaired) electrons. The summed E-state index contributed by atoms with van der Waals surface area (Å²) in [6.07, 6.45) is 1.89. The standard InChI is InChI=1S/C31H29FNO/c1-18-6-13-26(33(5)17-18)27-19(2)7-10-23-24-11-12-25(32)28(30(24)34-29(23)27)20-8-9-21-15-31(3,4)16-22(21)14-20/h6-14,17H,15-16H2,1-5H3/q+1/i1D3,17D. The molecule has 0 saturated carbocycles. The number of hydrogen-bond acceptors (Lipinski definition) is 1. The van der Waals surface area contributed by atoms with Gasteiger partial charge in [-0.2, -0.15) is 0 Å². The maximum atomic E-state index is 15.5. The van der Waals surface area contributed by atoms with Crippen molar-refractivity contribution in [2.24, 2.45) is 12.5 Å². The molecule has 0 bridgehead atoms. The molecule has 0 unspecified atom stereocenters. The van der Waals surface area contributed by atoms with E-state index >= 15 is 4.39 Å². The molecule has 0 amide bonds. The summed E-state index contributed by atoms with van der Waals surface area (Å²) < 4.78 is 55.4. The van der Waals surface area contributed by atoms with E-state index in [0.29, 0.717) is 22.4 Å².